The van der Waals surface area contributed by atoms with Crippen molar-refractivity contribution in [2.75, 3.05) is 19.6 Å². The van der Waals surface area contributed by atoms with E-state index in [2.05, 4.69) is 37.1 Å². The summed E-state index contributed by atoms with van der Waals surface area (Å²) in [5.41, 5.74) is 1.94. The molecular weight excluding hydrogens is 232 g/mol. The van der Waals surface area contributed by atoms with E-state index in [9.17, 15) is 0 Å². The molecule has 1 fully saturated rings. The zero-order chi connectivity index (χ0) is 13.7. The molecule has 0 aromatic heterocycles. The lowest BCUT2D eigenvalue weighted by Gasteiger charge is -2.44. The van der Waals surface area contributed by atoms with Crippen molar-refractivity contribution >= 4 is 0 Å². The zero-order valence-corrected chi connectivity index (χ0v) is 13.2. The van der Waals surface area contributed by atoms with Crippen LogP contribution in [0.4, 0.5) is 0 Å². The fraction of sp³-hybridized carbons (Fsp3) is 0.882. The van der Waals surface area contributed by atoms with Gasteiger partial charge >= 0.3 is 0 Å². The Kier molecular flexibility index (Phi) is 5.47. The predicted molar refractivity (Wildman–Crippen MR) is 83.5 cm³/mol. The summed E-state index contributed by atoms with van der Waals surface area (Å²) < 4.78 is 0. The van der Waals surface area contributed by atoms with E-state index < -0.39 is 0 Å². The van der Waals surface area contributed by atoms with Gasteiger partial charge in [-0.15, -0.1) is 0 Å². The maximum Gasteiger partial charge on any atom is 0.0461 e. The lowest BCUT2D eigenvalue weighted by atomic mass is 9.82. The Hall–Kier alpha value is -0.340. The van der Waals surface area contributed by atoms with Crippen LogP contribution in [0.5, 0.6) is 0 Å². The molecule has 2 heteroatoms. The number of hydrogen-bond donors (Lipinski definition) is 1. The molecule has 1 saturated heterocycles. The van der Waals surface area contributed by atoms with Gasteiger partial charge in [-0.2, -0.15) is 0 Å². The van der Waals surface area contributed by atoms with Gasteiger partial charge in [-0.1, -0.05) is 18.6 Å². The summed E-state index contributed by atoms with van der Waals surface area (Å²) in [5.74, 6) is 0. The highest BCUT2D eigenvalue weighted by Crippen LogP contribution is 2.32. The van der Waals surface area contributed by atoms with Gasteiger partial charge in [0.25, 0.3) is 0 Å². The van der Waals surface area contributed by atoms with E-state index in [1.165, 1.54) is 58.0 Å². The topological polar surface area (TPSA) is 15.3 Å². The number of hydrogen-bond acceptors (Lipinski definition) is 2. The first-order valence-corrected chi connectivity index (χ1v) is 8.33. The van der Waals surface area contributed by atoms with E-state index in [4.69, 9.17) is 0 Å². The molecule has 0 aromatic carbocycles. The lowest BCUT2D eigenvalue weighted by molar-refractivity contribution is 0.118. The maximum absolute atomic E-state index is 3.85. The van der Waals surface area contributed by atoms with Crippen LogP contribution >= 0.6 is 0 Å². The average molecular weight is 264 g/mol. The van der Waals surface area contributed by atoms with Gasteiger partial charge in [0.05, 0.1) is 0 Å². The van der Waals surface area contributed by atoms with Crippen LogP contribution in [0.1, 0.15) is 65.7 Å². The van der Waals surface area contributed by atoms with Crippen LogP contribution in [-0.4, -0.2) is 36.1 Å². The van der Waals surface area contributed by atoms with Gasteiger partial charge in [-0.3, -0.25) is 4.90 Å². The molecule has 2 rings (SSSR count). The third-order valence-electron chi connectivity index (χ3n) is 4.92. The first-order valence-electron chi connectivity index (χ1n) is 8.33. The average Bonchev–Trinajstić information content (AvgIpc) is 2.95. The van der Waals surface area contributed by atoms with Gasteiger partial charge in [0.2, 0.25) is 0 Å². The van der Waals surface area contributed by atoms with Crippen LogP contribution in [0.2, 0.25) is 0 Å². The Bertz CT molecular complexity index is 300. The minimum absolute atomic E-state index is 0.259. The quantitative estimate of drug-likeness (QED) is 0.735. The van der Waals surface area contributed by atoms with Gasteiger partial charge in [-0.25, -0.2) is 0 Å². The zero-order valence-electron chi connectivity index (χ0n) is 13.2. The van der Waals surface area contributed by atoms with Gasteiger partial charge < -0.3 is 5.32 Å². The molecule has 1 aliphatic heterocycles. The Labute approximate surface area is 119 Å². The molecule has 2 aliphatic rings. The minimum atomic E-state index is 0.259. The van der Waals surface area contributed by atoms with Crippen molar-refractivity contribution in [3.8, 4) is 0 Å². The van der Waals surface area contributed by atoms with Crippen LogP contribution < -0.4 is 5.32 Å². The normalized spacial score (nSPS) is 23.4. The van der Waals surface area contributed by atoms with Crippen molar-refractivity contribution < 1.29 is 0 Å². The summed E-state index contributed by atoms with van der Waals surface area (Å²) in [7, 11) is 0. The molecule has 0 aromatic rings. The number of nitrogens with zero attached hydrogens (tertiary/aromatic N) is 1. The number of allylic oxidation sites excluding steroid dienone is 1. The van der Waals surface area contributed by atoms with E-state index >= 15 is 0 Å². The maximum atomic E-state index is 3.85. The van der Waals surface area contributed by atoms with Crippen molar-refractivity contribution in [2.24, 2.45) is 0 Å². The van der Waals surface area contributed by atoms with E-state index in [0.717, 1.165) is 6.54 Å². The molecule has 2 nitrogen and oxygen atoms in total. The Balaban J connectivity index is 2.12. The molecule has 1 unspecified atom stereocenters. The molecule has 0 amide bonds. The first kappa shape index (κ1) is 15.1. The third kappa shape index (κ3) is 3.61. The van der Waals surface area contributed by atoms with Crippen molar-refractivity contribution in [1.82, 2.24) is 10.2 Å². The SMILES string of the molecule is CCCNC(C1=CCCCC1)C(C)(C)N1CCCC1. The number of likely N-dealkylation sites (tertiary alicyclic amines) is 1. The summed E-state index contributed by atoms with van der Waals surface area (Å²) in [4.78, 5) is 2.70. The predicted octanol–water partition coefficient (Wildman–Crippen LogP) is 3.73. The molecule has 1 atom stereocenters. The highest BCUT2D eigenvalue weighted by atomic mass is 15.2. The number of nitrogens with one attached hydrogen (secondary N) is 1. The van der Waals surface area contributed by atoms with Gasteiger partial charge in [-0.05, 0) is 78.4 Å². The molecule has 1 N–H and O–H groups in total. The molecule has 0 radical (unpaired) electrons. The summed E-state index contributed by atoms with van der Waals surface area (Å²) in [6.07, 6.45) is 11.9. The van der Waals surface area contributed by atoms with Gasteiger partial charge in [0.1, 0.15) is 0 Å². The fourth-order valence-electron chi connectivity index (χ4n) is 3.72. The van der Waals surface area contributed by atoms with Gasteiger partial charge in [0, 0.05) is 11.6 Å². The van der Waals surface area contributed by atoms with Crippen LogP contribution in [0.15, 0.2) is 11.6 Å². The van der Waals surface area contributed by atoms with E-state index in [1.807, 2.05) is 0 Å². The molecule has 0 spiro atoms. The van der Waals surface area contributed by atoms with Crippen molar-refractivity contribution in [3.63, 3.8) is 0 Å². The summed E-state index contributed by atoms with van der Waals surface area (Å²) in [6.45, 7) is 10.9. The van der Waals surface area contributed by atoms with E-state index in [1.54, 1.807) is 5.57 Å². The highest BCUT2D eigenvalue weighted by Gasteiger charge is 2.38. The summed E-state index contributed by atoms with van der Waals surface area (Å²) in [6, 6.07) is 0.547. The van der Waals surface area contributed by atoms with Crippen LogP contribution in [0, 0.1) is 0 Å². The van der Waals surface area contributed by atoms with Crippen LogP contribution in [-0.2, 0) is 0 Å². The van der Waals surface area contributed by atoms with Crippen molar-refractivity contribution in [1.29, 1.82) is 0 Å². The van der Waals surface area contributed by atoms with Crippen LogP contribution in [0.25, 0.3) is 0 Å². The molecule has 110 valence electrons. The van der Waals surface area contributed by atoms with Crippen molar-refractivity contribution in [3.05, 3.63) is 11.6 Å². The van der Waals surface area contributed by atoms with E-state index in [-0.39, 0.29) is 5.54 Å². The minimum Gasteiger partial charge on any atom is -0.309 e. The monoisotopic (exact) mass is 264 g/mol. The van der Waals surface area contributed by atoms with Crippen LogP contribution in [0.3, 0.4) is 0 Å². The summed E-state index contributed by atoms with van der Waals surface area (Å²) in [5, 5.41) is 3.85. The second-order valence-corrected chi connectivity index (χ2v) is 6.76. The smallest absolute Gasteiger partial charge is 0.0461 e. The van der Waals surface area contributed by atoms with Gasteiger partial charge in [0.15, 0.2) is 0 Å². The van der Waals surface area contributed by atoms with E-state index in [0.29, 0.717) is 6.04 Å². The largest absolute Gasteiger partial charge is 0.309 e. The molecule has 1 aliphatic carbocycles. The van der Waals surface area contributed by atoms with Crippen molar-refractivity contribution in [2.45, 2.75) is 77.3 Å². The molecule has 0 saturated carbocycles. The molecular formula is C17H32N2. The second-order valence-electron chi connectivity index (χ2n) is 6.76. The fourth-order valence-corrected chi connectivity index (χ4v) is 3.72. The number of rotatable bonds is 6. The summed E-state index contributed by atoms with van der Waals surface area (Å²) >= 11 is 0. The second kappa shape index (κ2) is 6.90. The molecule has 19 heavy (non-hydrogen) atoms. The lowest BCUT2D eigenvalue weighted by Crippen LogP contribution is -2.58. The first-order chi connectivity index (χ1) is 9.16. The highest BCUT2D eigenvalue weighted by molar-refractivity contribution is 5.20. The third-order valence-corrected chi connectivity index (χ3v) is 4.92. The Morgan fingerprint density at radius 2 is 1.95 bits per heavy atom. The Morgan fingerprint density at radius 3 is 2.53 bits per heavy atom. The molecule has 1 heterocycles. The molecule has 0 bridgehead atoms. The standard InChI is InChI=1S/C17H32N2/c1-4-12-18-16(15-10-6-5-7-11-15)17(2,3)19-13-8-9-14-19/h10,16,18H,4-9,11-14H2,1-3H3. The Morgan fingerprint density at radius 1 is 1.21 bits per heavy atom.